The maximum absolute atomic E-state index is 5.49. The zero-order valence-corrected chi connectivity index (χ0v) is 10.2. The number of hydrogen-bond donors (Lipinski definition) is 1. The Morgan fingerprint density at radius 3 is 2.62 bits per heavy atom. The molecule has 1 saturated heterocycles. The van der Waals surface area contributed by atoms with E-state index in [0.717, 1.165) is 28.8 Å². The minimum Gasteiger partial charge on any atom is -0.444 e. The molecule has 0 aliphatic carbocycles. The average Bonchev–Trinajstić information content (AvgIpc) is 2.65. The van der Waals surface area contributed by atoms with Gasteiger partial charge in [-0.05, 0) is 24.3 Å². The topological polar surface area (TPSA) is 38.1 Å². The second-order valence-corrected chi connectivity index (χ2v) is 4.86. The normalized spacial score (nSPS) is 16.1. The van der Waals surface area contributed by atoms with Gasteiger partial charge >= 0.3 is 0 Å². The SMILES string of the molecule is Brc1ccc(-c2nc(C3CNC3)co2)cc1. The predicted molar refractivity (Wildman–Crippen MR) is 65.2 cm³/mol. The van der Waals surface area contributed by atoms with Crippen LogP contribution in [0.5, 0.6) is 0 Å². The lowest BCUT2D eigenvalue weighted by atomic mass is 10.0. The average molecular weight is 279 g/mol. The summed E-state index contributed by atoms with van der Waals surface area (Å²) in [7, 11) is 0. The van der Waals surface area contributed by atoms with E-state index in [1.165, 1.54) is 0 Å². The highest BCUT2D eigenvalue weighted by atomic mass is 79.9. The van der Waals surface area contributed by atoms with Gasteiger partial charge in [0.05, 0.1) is 5.69 Å². The van der Waals surface area contributed by atoms with Gasteiger partial charge < -0.3 is 9.73 Å². The quantitative estimate of drug-likeness (QED) is 0.918. The van der Waals surface area contributed by atoms with Crippen LogP contribution in [0.1, 0.15) is 11.6 Å². The Labute approximate surface area is 102 Å². The zero-order chi connectivity index (χ0) is 11.0. The van der Waals surface area contributed by atoms with E-state index in [2.05, 4.69) is 26.2 Å². The molecular weight excluding hydrogens is 268 g/mol. The second kappa shape index (κ2) is 4.03. The zero-order valence-electron chi connectivity index (χ0n) is 8.61. The van der Waals surface area contributed by atoms with Gasteiger partial charge in [0, 0.05) is 29.0 Å². The number of halogens is 1. The Kier molecular flexibility index (Phi) is 2.53. The van der Waals surface area contributed by atoms with Crippen molar-refractivity contribution in [2.45, 2.75) is 5.92 Å². The first-order valence-electron chi connectivity index (χ1n) is 5.25. The first kappa shape index (κ1) is 10.1. The van der Waals surface area contributed by atoms with E-state index in [0.29, 0.717) is 11.8 Å². The smallest absolute Gasteiger partial charge is 0.226 e. The molecule has 0 amide bonds. The van der Waals surface area contributed by atoms with Crippen molar-refractivity contribution in [3.05, 3.63) is 40.7 Å². The summed E-state index contributed by atoms with van der Waals surface area (Å²) in [5.41, 5.74) is 2.07. The Hall–Kier alpha value is -1.13. The molecule has 0 unspecified atom stereocenters. The van der Waals surface area contributed by atoms with Crippen molar-refractivity contribution >= 4 is 15.9 Å². The third-order valence-electron chi connectivity index (χ3n) is 2.81. The van der Waals surface area contributed by atoms with Gasteiger partial charge in [-0.3, -0.25) is 0 Å². The molecule has 2 aromatic rings. The maximum atomic E-state index is 5.49. The molecule has 3 nitrogen and oxygen atoms in total. The van der Waals surface area contributed by atoms with Crippen LogP contribution in [0.2, 0.25) is 0 Å². The van der Waals surface area contributed by atoms with E-state index in [1.807, 2.05) is 24.3 Å². The third-order valence-corrected chi connectivity index (χ3v) is 3.34. The fourth-order valence-electron chi connectivity index (χ4n) is 1.70. The van der Waals surface area contributed by atoms with Crippen molar-refractivity contribution < 1.29 is 4.42 Å². The molecule has 1 fully saturated rings. The molecule has 16 heavy (non-hydrogen) atoms. The van der Waals surface area contributed by atoms with Gasteiger partial charge in [-0.15, -0.1) is 0 Å². The molecule has 0 saturated carbocycles. The maximum Gasteiger partial charge on any atom is 0.226 e. The van der Waals surface area contributed by atoms with Crippen LogP contribution in [-0.2, 0) is 0 Å². The number of aromatic nitrogens is 1. The molecule has 1 aromatic carbocycles. The van der Waals surface area contributed by atoms with Crippen molar-refractivity contribution in [2.75, 3.05) is 13.1 Å². The highest BCUT2D eigenvalue weighted by molar-refractivity contribution is 9.10. The van der Waals surface area contributed by atoms with E-state index >= 15 is 0 Å². The van der Waals surface area contributed by atoms with Crippen molar-refractivity contribution in [3.8, 4) is 11.5 Å². The summed E-state index contributed by atoms with van der Waals surface area (Å²) < 4.78 is 6.55. The second-order valence-electron chi connectivity index (χ2n) is 3.94. The van der Waals surface area contributed by atoms with E-state index < -0.39 is 0 Å². The van der Waals surface area contributed by atoms with E-state index in [-0.39, 0.29) is 0 Å². The number of rotatable bonds is 2. The molecule has 2 heterocycles. The van der Waals surface area contributed by atoms with Crippen LogP contribution < -0.4 is 5.32 Å². The summed E-state index contributed by atoms with van der Waals surface area (Å²) in [5, 5.41) is 3.23. The molecule has 0 spiro atoms. The van der Waals surface area contributed by atoms with Crippen molar-refractivity contribution in [1.29, 1.82) is 0 Å². The van der Waals surface area contributed by atoms with Crippen LogP contribution >= 0.6 is 15.9 Å². The van der Waals surface area contributed by atoms with Crippen LogP contribution in [0.4, 0.5) is 0 Å². The van der Waals surface area contributed by atoms with E-state index in [9.17, 15) is 0 Å². The number of benzene rings is 1. The van der Waals surface area contributed by atoms with E-state index in [4.69, 9.17) is 4.42 Å². The largest absolute Gasteiger partial charge is 0.444 e. The molecule has 1 aliphatic rings. The predicted octanol–water partition coefficient (Wildman–Crippen LogP) is 2.79. The van der Waals surface area contributed by atoms with Crippen molar-refractivity contribution in [2.24, 2.45) is 0 Å². The summed E-state index contributed by atoms with van der Waals surface area (Å²) in [4.78, 5) is 4.51. The van der Waals surface area contributed by atoms with Gasteiger partial charge in [0.2, 0.25) is 5.89 Å². The summed E-state index contributed by atoms with van der Waals surface area (Å²) in [6.45, 7) is 2.01. The van der Waals surface area contributed by atoms with Gasteiger partial charge in [-0.25, -0.2) is 4.98 Å². The monoisotopic (exact) mass is 278 g/mol. The molecule has 1 N–H and O–H groups in total. The highest BCUT2D eigenvalue weighted by Gasteiger charge is 2.22. The molecule has 0 atom stereocenters. The summed E-state index contributed by atoms with van der Waals surface area (Å²) in [6, 6.07) is 7.98. The highest BCUT2D eigenvalue weighted by Crippen LogP contribution is 2.25. The van der Waals surface area contributed by atoms with Gasteiger partial charge in [-0.1, -0.05) is 15.9 Å². The number of nitrogens with one attached hydrogen (secondary N) is 1. The molecule has 0 radical (unpaired) electrons. The third kappa shape index (κ3) is 1.79. The first-order valence-corrected chi connectivity index (χ1v) is 6.04. The molecule has 0 bridgehead atoms. The van der Waals surface area contributed by atoms with Gasteiger partial charge in [0.15, 0.2) is 0 Å². The van der Waals surface area contributed by atoms with E-state index in [1.54, 1.807) is 6.26 Å². The lowest BCUT2D eigenvalue weighted by molar-refractivity contribution is 0.438. The first-order chi connectivity index (χ1) is 7.83. The van der Waals surface area contributed by atoms with Gasteiger partial charge in [0.1, 0.15) is 6.26 Å². The van der Waals surface area contributed by atoms with Crippen LogP contribution in [0, 0.1) is 0 Å². The Morgan fingerprint density at radius 2 is 2.00 bits per heavy atom. The lowest BCUT2D eigenvalue weighted by Crippen LogP contribution is -2.40. The number of oxazole rings is 1. The van der Waals surface area contributed by atoms with Crippen LogP contribution in [0.15, 0.2) is 39.4 Å². The fraction of sp³-hybridized carbons (Fsp3) is 0.250. The van der Waals surface area contributed by atoms with Crippen molar-refractivity contribution in [1.82, 2.24) is 10.3 Å². The Morgan fingerprint density at radius 1 is 1.25 bits per heavy atom. The summed E-state index contributed by atoms with van der Waals surface area (Å²) >= 11 is 3.41. The Balaban J connectivity index is 1.88. The van der Waals surface area contributed by atoms with Crippen LogP contribution in [-0.4, -0.2) is 18.1 Å². The van der Waals surface area contributed by atoms with Crippen molar-refractivity contribution in [3.63, 3.8) is 0 Å². The lowest BCUT2D eigenvalue weighted by Gasteiger charge is -2.24. The molecular formula is C12H11BrN2O. The van der Waals surface area contributed by atoms with Crippen LogP contribution in [0.3, 0.4) is 0 Å². The van der Waals surface area contributed by atoms with Gasteiger partial charge in [0.25, 0.3) is 0 Å². The minimum atomic E-state index is 0.521. The molecule has 3 rings (SSSR count). The molecule has 4 heteroatoms. The van der Waals surface area contributed by atoms with Crippen LogP contribution in [0.25, 0.3) is 11.5 Å². The summed E-state index contributed by atoms with van der Waals surface area (Å²) in [6.07, 6.45) is 1.77. The number of nitrogens with zero attached hydrogens (tertiary/aromatic N) is 1. The standard InChI is InChI=1S/C12H11BrN2O/c13-10-3-1-8(2-4-10)12-15-11(7-16-12)9-5-14-6-9/h1-4,7,9,14H,5-6H2. The molecule has 82 valence electrons. The Bertz CT molecular complexity index is 488. The molecule has 1 aliphatic heterocycles. The molecule has 1 aromatic heterocycles. The van der Waals surface area contributed by atoms with Gasteiger partial charge in [-0.2, -0.15) is 0 Å². The minimum absolute atomic E-state index is 0.521. The fourth-order valence-corrected chi connectivity index (χ4v) is 1.96. The summed E-state index contributed by atoms with van der Waals surface area (Å²) in [5.74, 6) is 1.22. The number of hydrogen-bond acceptors (Lipinski definition) is 3.